The molecule has 7 nitrogen and oxygen atoms in total. The summed E-state index contributed by atoms with van der Waals surface area (Å²) in [5, 5.41) is 4.45. The highest BCUT2D eigenvalue weighted by Gasteiger charge is 2.37. The Morgan fingerprint density at radius 3 is 2.52 bits per heavy atom. The topological polar surface area (TPSA) is 71.6 Å². The van der Waals surface area contributed by atoms with Crippen LogP contribution in [0.5, 0.6) is 0 Å². The summed E-state index contributed by atoms with van der Waals surface area (Å²) in [6.45, 7) is 5.42. The number of piperazine rings is 1. The van der Waals surface area contributed by atoms with Crippen LogP contribution in [0, 0.1) is 5.82 Å². The minimum absolute atomic E-state index is 0.0685. The molecule has 0 aliphatic carbocycles. The molecular weight excluding hydrogens is 423 g/mol. The van der Waals surface area contributed by atoms with Crippen LogP contribution in [-0.2, 0) is 10.3 Å². The second kappa shape index (κ2) is 8.19. The number of rotatable bonds is 4. The second-order valence-electron chi connectivity index (χ2n) is 7.88. The normalized spacial score (nSPS) is 14.7. The number of benzene rings is 1. The van der Waals surface area contributed by atoms with E-state index in [1.165, 1.54) is 23.1 Å². The Morgan fingerprint density at radius 1 is 1.13 bits per heavy atom. The number of carbonyl (C=O) groups is 1. The maximum Gasteiger partial charge on any atom is 0.267 e. The van der Waals surface area contributed by atoms with E-state index in [0.717, 1.165) is 5.69 Å². The molecule has 4 rings (SSSR count). The predicted octanol–water partition coefficient (Wildman–Crippen LogP) is 3.38. The number of furan rings is 1. The van der Waals surface area contributed by atoms with Crippen molar-refractivity contribution in [2.24, 2.45) is 0 Å². The highest BCUT2D eigenvalue weighted by atomic mass is 35.5. The number of aromatic nitrogens is 2. The summed E-state index contributed by atoms with van der Waals surface area (Å²) in [7, 11) is 0. The summed E-state index contributed by atoms with van der Waals surface area (Å²) in [5.41, 5.74) is -0.264. The van der Waals surface area contributed by atoms with E-state index < -0.39 is 11.4 Å². The molecule has 9 heteroatoms. The van der Waals surface area contributed by atoms with Crippen molar-refractivity contribution in [3.8, 4) is 11.5 Å². The third-order valence-corrected chi connectivity index (χ3v) is 5.75. The molecule has 31 heavy (non-hydrogen) atoms. The lowest BCUT2D eigenvalue weighted by molar-refractivity contribution is -0.140. The van der Waals surface area contributed by atoms with E-state index >= 15 is 0 Å². The first-order chi connectivity index (χ1) is 14.8. The van der Waals surface area contributed by atoms with Crippen molar-refractivity contribution in [3.05, 3.63) is 69.9 Å². The van der Waals surface area contributed by atoms with E-state index in [1.807, 2.05) is 4.90 Å². The van der Waals surface area contributed by atoms with Gasteiger partial charge in [-0.1, -0.05) is 11.6 Å². The number of anilines is 1. The van der Waals surface area contributed by atoms with Gasteiger partial charge in [0.2, 0.25) is 5.91 Å². The van der Waals surface area contributed by atoms with Crippen LogP contribution in [0.25, 0.3) is 11.5 Å². The van der Waals surface area contributed by atoms with Crippen LogP contribution >= 0.6 is 11.6 Å². The molecule has 0 bridgehead atoms. The van der Waals surface area contributed by atoms with Gasteiger partial charge in [0.15, 0.2) is 5.76 Å². The van der Waals surface area contributed by atoms with Gasteiger partial charge in [-0.3, -0.25) is 9.59 Å². The Kier molecular flexibility index (Phi) is 5.58. The maximum atomic E-state index is 13.4. The third-order valence-electron chi connectivity index (χ3n) is 5.46. The van der Waals surface area contributed by atoms with Gasteiger partial charge in [-0.2, -0.15) is 5.10 Å². The van der Waals surface area contributed by atoms with E-state index in [-0.39, 0.29) is 16.5 Å². The van der Waals surface area contributed by atoms with Crippen LogP contribution in [0.2, 0.25) is 5.02 Å². The number of carbonyl (C=O) groups excluding carboxylic acids is 1. The fraction of sp³-hybridized carbons (Fsp3) is 0.318. The van der Waals surface area contributed by atoms with Crippen molar-refractivity contribution < 1.29 is 13.6 Å². The minimum atomic E-state index is -1.18. The Hall–Kier alpha value is -3.13. The van der Waals surface area contributed by atoms with Crippen molar-refractivity contribution in [2.75, 3.05) is 31.1 Å². The maximum absolute atomic E-state index is 13.4. The SMILES string of the molecule is CC(C)(C(=O)N1CCN(c2ccc(F)c(Cl)c2)CC1)n1nc(-c2ccco2)ccc1=O. The standard InChI is InChI=1S/C22H22ClFN4O3/c1-22(2,28-20(29)8-7-18(25-28)19-4-3-13-31-19)21(30)27-11-9-26(10-12-27)15-5-6-17(24)16(23)14-15/h3-8,13-14H,9-12H2,1-2H3. The molecule has 0 atom stereocenters. The number of amides is 1. The minimum Gasteiger partial charge on any atom is -0.463 e. The van der Waals surface area contributed by atoms with Crippen LogP contribution in [-0.4, -0.2) is 46.8 Å². The van der Waals surface area contributed by atoms with Gasteiger partial charge in [-0.25, -0.2) is 9.07 Å². The van der Waals surface area contributed by atoms with Crippen LogP contribution in [0.15, 0.2) is 57.9 Å². The molecule has 0 unspecified atom stereocenters. The van der Waals surface area contributed by atoms with Gasteiger partial charge in [-0.15, -0.1) is 0 Å². The molecule has 0 saturated carbocycles. The van der Waals surface area contributed by atoms with Gasteiger partial charge in [0.05, 0.1) is 11.3 Å². The quantitative estimate of drug-likeness (QED) is 0.617. The molecule has 1 saturated heterocycles. The lowest BCUT2D eigenvalue weighted by Crippen LogP contribution is -2.56. The van der Waals surface area contributed by atoms with Gasteiger partial charge in [0.25, 0.3) is 5.56 Å². The van der Waals surface area contributed by atoms with Crippen molar-refractivity contribution in [1.82, 2.24) is 14.7 Å². The molecule has 1 aliphatic heterocycles. The zero-order chi connectivity index (χ0) is 22.2. The summed E-state index contributed by atoms with van der Waals surface area (Å²) in [5.74, 6) is -0.144. The molecule has 0 spiro atoms. The lowest BCUT2D eigenvalue weighted by Gasteiger charge is -2.39. The Labute approximate surface area is 183 Å². The van der Waals surface area contributed by atoms with E-state index in [2.05, 4.69) is 5.10 Å². The Morgan fingerprint density at radius 2 is 1.87 bits per heavy atom. The van der Waals surface area contributed by atoms with Crippen LogP contribution in [0.1, 0.15) is 13.8 Å². The Bertz CT molecular complexity index is 1150. The molecule has 1 amide bonds. The zero-order valence-electron chi connectivity index (χ0n) is 17.2. The van der Waals surface area contributed by atoms with Crippen LogP contribution in [0.4, 0.5) is 10.1 Å². The third kappa shape index (κ3) is 4.07. The molecule has 1 aromatic carbocycles. The van der Waals surface area contributed by atoms with Gasteiger partial charge in [-0.05, 0) is 50.2 Å². The first-order valence-corrected chi connectivity index (χ1v) is 10.3. The first-order valence-electron chi connectivity index (χ1n) is 9.91. The van der Waals surface area contributed by atoms with Crippen molar-refractivity contribution in [3.63, 3.8) is 0 Å². The average molecular weight is 445 g/mol. The predicted molar refractivity (Wildman–Crippen MR) is 116 cm³/mol. The molecule has 1 aliphatic rings. The Balaban J connectivity index is 1.51. The molecule has 1 fully saturated rings. The molecular formula is C22H22ClFN4O3. The van der Waals surface area contributed by atoms with Crippen molar-refractivity contribution >= 4 is 23.2 Å². The molecule has 0 N–H and O–H groups in total. The van der Waals surface area contributed by atoms with E-state index in [9.17, 15) is 14.0 Å². The fourth-order valence-electron chi connectivity index (χ4n) is 3.69. The number of hydrogen-bond donors (Lipinski definition) is 0. The van der Waals surface area contributed by atoms with Crippen LogP contribution in [0.3, 0.4) is 0 Å². The van der Waals surface area contributed by atoms with E-state index in [1.54, 1.807) is 49.1 Å². The summed E-state index contributed by atoms with van der Waals surface area (Å²) >= 11 is 5.89. The van der Waals surface area contributed by atoms with E-state index in [0.29, 0.717) is 37.6 Å². The molecule has 3 aromatic rings. The summed E-state index contributed by atoms with van der Waals surface area (Å²) < 4.78 is 20.0. The molecule has 0 radical (unpaired) electrons. The van der Waals surface area contributed by atoms with Gasteiger partial charge < -0.3 is 14.2 Å². The number of hydrogen-bond acceptors (Lipinski definition) is 5. The van der Waals surface area contributed by atoms with Crippen molar-refractivity contribution in [1.29, 1.82) is 0 Å². The average Bonchev–Trinajstić information content (AvgIpc) is 3.30. The zero-order valence-corrected chi connectivity index (χ0v) is 18.0. The largest absolute Gasteiger partial charge is 0.463 e. The highest BCUT2D eigenvalue weighted by Crippen LogP contribution is 2.25. The smallest absolute Gasteiger partial charge is 0.267 e. The van der Waals surface area contributed by atoms with E-state index in [4.69, 9.17) is 16.0 Å². The summed E-state index contributed by atoms with van der Waals surface area (Å²) in [6, 6.07) is 11.0. The van der Waals surface area contributed by atoms with Gasteiger partial charge in [0.1, 0.15) is 17.1 Å². The number of nitrogens with zero attached hydrogens (tertiary/aromatic N) is 4. The second-order valence-corrected chi connectivity index (χ2v) is 8.29. The van der Waals surface area contributed by atoms with Gasteiger partial charge in [0, 0.05) is 37.9 Å². The van der Waals surface area contributed by atoms with Crippen LogP contribution < -0.4 is 10.5 Å². The summed E-state index contributed by atoms with van der Waals surface area (Å²) in [6.07, 6.45) is 1.52. The lowest BCUT2D eigenvalue weighted by atomic mass is 10.0. The fourth-order valence-corrected chi connectivity index (χ4v) is 3.87. The number of halogens is 2. The first kappa shape index (κ1) is 21.1. The highest BCUT2D eigenvalue weighted by molar-refractivity contribution is 6.31. The summed E-state index contributed by atoms with van der Waals surface area (Å²) in [4.78, 5) is 29.6. The van der Waals surface area contributed by atoms with Gasteiger partial charge >= 0.3 is 0 Å². The molecule has 3 heterocycles. The molecule has 2 aromatic heterocycles. The molecule has 162 valence electrons. The van der Waals surface area contributed by atoms with Crippen molar-refractivity contribution in [2.45, 2.75) is 19.4 Å². The monoisotopic (exact) mass is 444 g/mol.